The summed E-state index contributed by atoms with van der Waals surface area (Å²) in [6.07, 6.45) is 1.43. The van der Waals surface area contributed by atoms with Gasteiger partial charge in [-0.05, 0) is 24.3 Å². The van der Waals surface area contributed by atoms with E-state index >= 15 is 0 Å². The van der Waals surface area contributed by atoms with Crippen LogP contribution >= 0.6 is 0 Å². The molecular weight excluding hydrogens is 233 g/mol. The van der Waals surface area contributed by atoms with Gasteiger partial charge >= 0.3 is 0 Å². The minimum Gasteiger partial charge on any atom is -0.393 e. The molecule has 18 heavy (non-hydrogen) atoms. The van der Waals surface area contributed by atoms with Crippen LogP contribution in [0, 0.1) is 5.82 Å². The average Bonchev–Trinajstić information content (AvgIpc) is 2.34. The molecule has 0 bridgehead atoms. The minimum atomic E-state index is -0.287. The Morgan fingerprint density at radius 3 is 2.44 bits per heavy atom. The maximum atomic E-state index is 12.8. The Morgan fingerprint density at radius 1 is 1.17 bits per heavy atom. The molecule has 2 aromatic rings. The number of anilines is 4. The average molecular weight is 247 g/mol. The van der Waals surface area contributed by atoms with Crippen molar-refractivity contribution in [3.05, 3.63) is 36.4 Å². The molecule has 94 valence electrons. The molecule has 6 heteroatoms. The molecule has 0 saturated heterocycles. The van der Waals surface area contributed by atoms with Gasteiger partial charge in [-0.15, -0.1) is 0 Å². The number of rotatable bonds is 3. The highest BCUT2D eigenvalue weighted by molar-refractivity contribution is 5.77. The first-order valence-electron chi connectivity index (χ1n) is 5.38. The lowest BCUT2D eigenvalue weighted by atomic mass is 10.3. The molecule has 0 fully saturated rings. The van der Waals surface area contributed by atoms with Crippen molar-refractivity contribution in [1.82, 2.24) is 9.97 Å². The van der Waals surface area contributed by atoms with Crippen molar-refractivity contribution in [2.45, 2.75) is 0 Å². The van der Waals surface area contributed by atoms with Crippen molar-refractivity contribution in [2.24, 2.45) is 0 Å². The Balaban J connectivity index is 2.29. The van der Waals surface area contributed by atoms with E-state index in [1.807, 2.05) is 14.1 Å². The van der Waals surface area contributed by atoms with Crippen LogP contribution in [0.2, 0.25) is 0 Å². The first-order valence-corrected chi connectivity index (χ1v) is 5.38. The van der Waals surface area contributed by atoms with Gasteiger partial charge in [0.05, 0.1) is 0 Å². The van der Waals surface area contributed by atoms with Crippen molar-refractivity contribution in [1.29, 1.82) is 0 Å². The molecule has 0 aliphatic rings. The van der Waals surface area contributed by atoms with Crippen LogP contribution in [0.1, 0.15) is 0 Å². The van der Waals surface area contributed by atoms with E-state index in [4.69, 9.17) is 5.73 Å². The third-order valence-electron chi connectivity index (χ3n) is 2.39. The number of aromatic nitrogens is 2. The molecule has 0 saturated carbocycles. The summed E-state index contributed by atoms with van der Waals surface area (Å²) in [7, 11) is 3.70. The predicted molar refractivity (Wildman–Crippen MR) is 70.5 cm³/mol. The van der Waals surface area contributed by atoms with Gasteiger partial charge in [-0.3, -0.25) is 0 Å². The number of benzene rings is 1. The Labute approximate surface area is 104 Å². The second kappa shape index (κ2) is 4.87. The second-order valence-corrected chi connectivity index (χ2v) is 3.99. The molecule has 2 rings (SSSR count). The molecule has 0 aliphatic carbocycles. The fraction of sp³-hybridized carbons (Fsp3) is 0.167. The van der Waals surface area contributed by atoms with E-state index in [1.165, 1.54) is 18.5 Å². The summed E-state index contributed by atoms with van der Waals surface area (Å²) in [6.45, 7) is 0. The number of halogens is 1. The molecule has 0 amide bonds. The summed E-state index contributed by atoms with van der Waals surface area (Å²) < 4.78 is 12.8. The van der Waals surface area contributed by atoms with Gasteiger partial charge in [-0.2, -0.15) is 0 Å². The largest absolute Gasteiger partial charge is 0.393 e. The normalized spacial score (nSPS) is 10.2. The standard InChI is InChI=1S/C12H14FN5/c1-18(2)12-10(14)11(15-7-16-12)17-9-5-3-8(13)4-6-9/h3-7H,14H2,1-2H3,(H,15,16,17). The van der Waals surface area contributed by atoms with E-state index in [0.29, 0.717) is 23.0 Å². The summed E-state index contributed by atoms with van der Waals surface area (Å²) in [5.41, 5.74) is 7.12. The maximum absolute atomic E-state index is 12.8. The highest BCUT2D eigenvalue weighted by atomic mass is 19.1. The first kappa shape index (κ1) is 12.1. The molecule has 1 aromatic heterocycles. The molecule has 0 atom stereocenters. The van der Waals surface area contributed by atoms with Crippen LogP contribution in [0.5, 0.6) is 0 Å². The fourth-order valence-corrected chi connectivity index (χ4v) is 1.51. The van der Waals surface area contributed by atoms with Crippen molar-refractivity contribution in [3.63, 3.8) is 0 Å². The molecule has 1 aromatic carbocycles. The van der Waals surface area contributed by atoms with Crippen LogP contribution < -0.4 is 16.0 Å². The monoisotopic (exact) mass is 247 g/mol. The first-order chi connectivity index (χ1) is 8.58. The highest BCUT2D eigenvalue weighted by Gasteiger charge is 2.09. The van der Waals surface area contributed by atoms with Gasteiger partial charge in [0.15, 0.2) is 11.6 Å². The van der Waals surface area contributed by atoms with Gasteiger partial charge < -0.3 is 16.0 Å². The lowest BCUT2D eigenvalue weighted by molar-refractivity contribution is 0.628. The lowest BCUT2D eigenvalue weighted by Gasteiger charge is -2.16. The second-order valence-electron chi connectivity index (χ2n) is 3.99. The van der Waals surface area contributed by atoms with E-state index in [9.17, 15) is 4.39 Å². The third-order valence-corrected chi connectivity index (χ3v) is 2.39. The van der Waals surface area contributed by atoms with Gasteiger partial charge in [0.1, 0.15) is 17.8 Å². The van der Waals surface area contributed by atoms with Crippen LogP contribution in [0.15, 0.2) is 30.6 Å². The van der Waals surface area contributed by atoms with Gasteiger partial charge in [-0.25, -0.2) is 14.4 Å². The van der Waals surface area contributed by atoms with Crippen LogP contribution in [0.25, 0.3) is 0 Å². The molecular formula is C12H14FN5. The van der Waals surface area contributed by atoms with E-state index in [2.05, 4.69) is 15.3 Å². The molecule has 0 radical (unpaired) electrons. The Hall–Kier alpha value is -2.37. The topological polar surface area (TPSA) is 67.1 Å². The molecule has 0 spiro atoms. The summed E-state index contributed by atoms with van der Waals surface area (Å²) in [4.78, 5) is 9.95. The van der Waals surface area contributed by atoms with Crippen molar-refractivity contribution >= 4 is 23.0 Å². The van der Waals surface area contributed by atoms with E-state index in [0.717, 1.165) is 0 Å². The van der Waals surface area contributed by atoms with Gasteiger partial charge in [0.25, 0.3) is 0 Å². The Bertz CT molecular complexity index is 539. The quantitative estimate of drug-likeness (QED) is 0.868. The number of nitrogens with two attached hydrogens (primary N) is 1. The van der Waals surface area contributed by atoms with Crippen molar-refractivity contribution in [2.75, 3.05) is 30.0 Å². The lowest BCUT2D eigenvalue weighted by Crippen LogP contribution is -2.14. The zero-order valence-electron chi connectivity index (χ0n) is 10.2. The molecule has 5 nitrogen and oxygen atoms in total. The minimum absolute atomic E-state index is 0.287. The third kappa shape index (κ3) is 2.48. The van der Waals surface area contributed by atoms with E-state index in [1.54, 1.807) is 17.0 Å². The summed E-state index contributed by atoms with van der Waals surface area (Å²) in [5.74, 6) is 0.847. The maximum Gasteiger partial charge on any atom is 0.159 e. The predicted octanol–water partition coefficient (Wildman–Crippen LogP) is 2.01. The fourth-order valence-electron chi connectivity index (χ4n) is 1.51. The zero-order chi connectivity index (χ0) is 13.1. The van der Waals surface area contributed by atoms with Crippen molar-refractivity contribution in [3.8, 4) is 0 Å². The number of nitrogen functional groups attached to an aromatic ring is 1. The summed E-state index contributed by atoms with van der Waals surface area (Å²) in [5, 5.41) is 3.03. The van der Waals surface area contributed by atoms with Crippen LogP contribution in [-0.4, -0.2) is 24.1 Å². The smallest absolute Gasteiger partial charge is 0.159 e. The van der Waals surface area contributed by atoms with Crippen molar-refractivity contribution < 1.29 is 4.39 Å². The highest BCUT2D eigenvalue weighted by Crippen LogP contribution is 2.26. The molecule has 0 unspecified atom stereocenters. The molecule has 3 N–H and O–H groups in total. The summed E-state index contributed by atoms with van der Waals surface area (Å²) in [6, 6.07) is 5.97. The van der Waals surface area contributed by atoms with Crippen LogP contribution in [0.4, 0.5) is 27.4 Å². The Morgan fingerprint density at radius 2 is 1.83 bits per heavy atom. The number of hydrogen-bond donors (Lipinski definition) is 2. The van der Waals surface area contributed by atoms with Gasteiger partial charge in [0, 0.05) is 19.8 Å². The van der Waals surface area contributed by atoms with Gasteiger partial charge in [0.2, 0.25) is 0 Å². The van der Waals surface area contributed by atoms with E-state index in [-0.39, 0.29) is 5.82 Å². The number of hydrogen-bond acceptors (Lipinski definition) is 5. The van der Waals surface area contributed by atoms with Crippen LogP contribution in [-0.2, 0) is 0 Å². The van der Waals surface area contributed by atoms with Crippen LogP contribution in [0.3, 0.4) is 0 Å². The summed E-state index contributed by atoms with van der Waals surface area (Å²) >= 11 is 0. The van der Waals surface area contributed by atoms with E-state index < -0.39 is 0 Å². The van der Waals surface area contributed by atoms with Gasteiger partial charge in [-0.1, -0.05) is 0 Å². The molecule has 0 aliphatic heterocycles. The Kier molecular flexibility index (Phi) is 3.27. The number of nitrogens with one attached hydrogen (secondary N) is 1. The molecule has 1 heterocycles. The SMILES string of the molecule is CN(C)c1ncnc(Nc2ccc(F)cc2)c1N. The number of nitrogens with zero attached hydrogens (tertiary/aromatic N) is 3. The zero-order valence-corrected chi connectivity index (χ0v) is 10.2.